The molecule has 0 radical (unpaired) electrons. The summed E-state index contributed by atoms with van der Waals surface area (Å²) >= 11 is 0. The number of hydrogen-bond donors (Lipinski definition) is 1. The second-order valence-corrected chi connectivity index (χ2v) is 9.07. The van der Waals surface area contributed by atoms with Crippen molar-refractivity contribution in [1.82, 2.24) is 0 Å². The number of fused-ring (bicyclic) bond motifs is 1. The molecule has 1 atom stereocenters. The summed E-state index contributed by atoms with van der Waals surface area (Å²) in [6, 6.07) is 21.1. The second-order valence-electron chi connectivity index (χ2n) is 9.07. The van der Waals surface area contributed by atoms with Crippen LogP contribution in [0.25, 0.3) is 11.0 Å². The van der Waals surface area contributed by atoms with E-state index in [-0.39, 0.29) is 17.4 Å². The number of Topliss-reactive ketones (excluding diaryl/α,β-unsaturated/α-hetero) is 1. The molecule has 1 N–H and O–H groups in total. The number of aliphatic hydroxyl groups is 1. The van der Waals surface area contributed by atoms with Crippen molar-refractivity contribution < 1.29 is 33.4 Å². The summed E-state index contributed by atoms with van der Waals surface area (Å²) in [6.45, 7) is 3.51. The molecule has 1 aliphatic heterocycles. The van der Waals surface area contributed by atoms with Gasteiger partial charge in [0, 0.05) is 11.1 Å². The lowest BCUT2D eigenvalue weighted by Crippen LogP contribution is -2.31. The van der Waals surface area contributed by atoms with Crippen LogP contribution in [0.1, 0.15) is 46.4 Å². The molecule has 8 heteroatoms. The minimum absolute atomic E-state index is 0.0339. The van der Waals surface area contributed by atoms with Gasteiger partial charge in [0.05, 0.1) is 30.4 Å². The van der Waals surface area contributed by atoms with Crippen molar-refractivity contribution in [2.24, 2.45) is 0 Å². The van der Waals surface area contributed by atoms with E-state index in [0.717, 1.165) is 0 Å². The molecule has 2 heterocycles. The number of anilines is 1. The van der Waals surface area contributed by atoms with Crippen molar-refractivity contribution in [1.29, 1.82) is 0 Å². The lowest BCUT2D eigenvalue weighted by Gasteiger charge is -2.27. The molecule has 5 rings (SSSR count). The molecule has 0 aliphatic carbocycles. The van der Waals surface area contributed by atoms with Gasteiger partial charge in [-0.1, -0.05) is 42.5 Å². The van der Waals surface area contributed by atoms with E-state index in [2.05, 4.69) is 0 Å². The summed E-state index contributed by atoms with van der Waals surface area (Å²) < 4.78 is 16.4. The summed E-state index contributed by atoms with van der Waals surface area (Å²) in [6.07, 6.45) is -0.280. The van der Waals surface area contributed by atoms with E-state index in [1.807, 2.05) is 6.07 Å². The summed E-state index contributed by atoms with van der Waals surface area (Å²) in [7, 11) is 1.50. The van der Waals surface area contributed by atoms with Gasteiger partial charge in [-0.2, -0.15) is 0 Å². The Hall–Kier alpha value is -4.85. The summed E-state index contributed by atoms with van der Waals surface area (Å²) in [5.74, 6) is -2.10. The Morgan fingerprint density at radius 3 is 2.34 bits per heavy atom. The Labute approximate surface area is 218 Å². The summed E-state index contributed by atoms with van der Waals surface area (Å²) in [5.41, 5.74) is 1.60. The zero-order chi connectivity index (χ0) is 27.0. The van der Waals surface area contributed by atoms with Gasteiger partial charge in [0.25, 0.3) is 5.91 Å². The Kier molecular flexibility index (Phi) is 6.46. The second kappa shape index (κ2) is 9.89. The van der Waals surface area contributed by atoms with Crippen molar-refractivity contribution in [2.75, 3.05) is 12.0 Å². The van der Waals surface area contributed by atoms with E-state index in [0.29, 0.717) is 33.5 Å². The van der Waals surface area contributed by atoms with Crippen molar-refractivity contribution in [3.8, 4) is 5.75 Å². The average molecular weight is 512 g/mol. The number of ether oxygens (including phenoxy) is 2. The van der Waals surface area contributed by atoms with Gasteiger partial charge in [0.15, 0.2) is 22.9 Å². The molecule has 0 saturated heterocycles. The average Bonchev–Trinajstić information content (AvgIpc) is 3.47. The number of hydrogen-bond acceptors (Lipinski definition) is 7. The first-order valence-electron chi connectivity index (χ1n) is 12.0. The fraction of sp³-hybridized carbons (Fsp3) is 0.167. The highest BCUT2D eigenvalue weighted by Gasteiger charge is 2.45. The molecule has 8 nitrogen and oxygen atoms in total. The van der Waals surface area contributed by atoms with Crippen LogP contribution in [0, 0.1) is 0 Å². The number of carbonyl (C=O) groups excluding carboxylic acids is 3. The van der Waals surface area contributed by atoms with E-state index < -0.39 is 29.5 Å². The number of nitrogens with zero attached hydrogens (tertiary/aromatic N) is 1. The SMILES string of the molecule is COc1cccc2cc(C(=O)C3=C(O)C(=O)N(c4ccc(C(=O)OC(C)C)cc4)C3c3ccccc3)oc12. The molecular weight excluding hydrogens is 486 g/mol. The minimum Gasteiger partial charge on any atom is -0.503 e. The highest BCUT2D eigenvalue weighted by molar-refractivity contribution is 6.20. The number of amides is 1. The number of aliphatic hydroxyl groups excluding tert-OH is 1. The molecule has 192 valence electrons. The van der Waals surface area contributed by atoms with Gasteiger partial charge in [-0.3, -0.25) is 14.5 Å². The smallest absolute Gasteiger partial charge is 0.338 e. The molecule has 1 aliphatic rings. The third-order valence-corrected chi connectivity index (χ3v) is 6.24. The first-order valence-corrected chi connectivity index (χ1v) is 12.0. The van der Waals surface area contributed by atoms with E-state index in [9.17, 15) is 19.5 Å². The van der Waals surface area contributed by atoms with Crippen molar-refractivity contribution in [3.63, 3.8) is 0 Å². The molecule has 0 saturated carbocycles. The number of para-hydroxylation sites is 1. The van der Waals surface area contributed by atoms with Crippen LogP contribution in [-0.2, 0) is 9.53 Å². The molecule has 1 aromatic heterocycles. The molecule has 1 amide bonds. The predicted molar refractivity (Wildman–Crippen MR) is 140 cm³/mol. The van der Waals surface area contributed by atoms with E-state index in [1.54, 1.807) is 74.5 Å². The number of methoxy groups -OCH3 is 1. The molecular formula is C30H25NO7. The van der Waals surface area contributed by atoms with Crippen LogP contribution in [0.4, 0.5) is 5.69 Å². The van der Waals surface area contributed by atoms with Crippen molar-refractivity contribution >= 4 is 34.3 Å². The number of benzene rings is 3. The van der Waals surface area contributed by atoms with Crippen LogP contribution in [0.15, 0.2) is 94.6 Å². The van der Waals surface area contributed by atoms with Crippen molar-refractivity contribution in [3.05, 3.63) is 107 Å². The molecule has 0 spiro atoms. The highest BCUT2D eigenvalue weighted by Crippen LogP contribution is 2.42. The number of ketones is 1. The van der Waals surface area contributed by atoms with Gasteiger partial charge in [-0.15, -0.1) is 0 Å². The molecule has 3 aromatic carbocycles. The lowest BCUT2D eigenvalue weighted by atomic mass is 9.94. The molecule has 38 heavy (non-hydrogen) atoms. The first kappa shape index (κ1) is 24.8. The number of furan rings is 1. The lowest BCUT2D eigenvalue weighted by molar-refractivity contribution is -0.117. The van der Waals surface area contributed by atoms with Gasteiger partial charge < -0.3 is 19.0 Å². The largest absolute Gasteiger partial charge is 0.503 e. The van der Waals surface area contributed by atoms with Crippen LogP contribution in [0.3, 0.4) is 0 Å². The highest BCUT2D eigenvalue weighted by atomic mass is 16.5. The van der Waals surface area contributed by atoms with Crippen LogP contribution in [-0.4, -0.2) is 36.0 Å². The van der Waals surface area contributed by atoms with E-state index >= 15 is 0 Å². The van der Waals surface area contributed by atoms with Gasteiger partial charge in [0.2, 0.25) is 5.78 Å². The number of carbonyl (C=O) groups is 3. The maximum atomic E-state index is 13.8. The Balaban J connectivity index is 1.57. The third kappa shape index (κ3) is 4.30. The molecule has 0 bridgehead atoms. The zero-order valence-corrected chi connectivity index (χ0v) is 21.0. The molecule has 1 unspecified atom stereocenters. The number of esters is 1. The van der Waals surface area contributed by atoms with Crippen LogP contribution in [0.5, 0.6) is 5.75 Å². The monoisotopic (exact) mass is 511 g/mol. The Morgan fingerprint density at radius 1 is 0.974 bits per heavy atom. The van der Waals surface area contributed by atoms with Crippen LogP contribution in [0.2, 0.25) is 0 Å². The third-order valence-electron chi connectivity index (χ3n) is 6.24. The normalized spacial score (nSPS) is 15.4. The van der Waals surface area contributed by atoms with E-state index in [4.69, 9.17) is 13.9 Å². The fourth-order valence-electron chi connectivity index (χ4n) is 4.54. The number of rotatable bonds is 7. The topological polar surface area (TPSA) is 106 Å². The van der Waals surface area contributed by atoms with Crippen LogP contribution >= 0.6 is 0 Å². The first-order chi connectivity index (χ1) is 18.3. The van der Waals surface area contributed by atoms with Gasteiger partial charge >= 0.3 is 5.97 Å². The summed E-state index contributed by atoms with van der Waals surface area (Å²) in [5, 5.41) is 11.6. The van der Waals surface area contributed by atoms with Crippen LogP contribution < -0.4 is 9.64 Å². The predicted octanol–water partition coefficient (Wildman–Crippen LogP) is 5.79. The maximum absolute atomic E-state index is 13.8. The standard InChI is InChI=1S/C30H25NO7/c1-17(2)37-30(35)19-12-14-21(15-13-19)31-25(18-8-5-4-6-9-18)24(27(33)29(31)34)26(32)23-16-20-10-7-11-22(36-3)28(20)38-23/h4-17,25,33H,1-3H3. The van der Waals surface area contributed by atoms with Crippen molar-refractivity contribution in [2.45, 2.75) is 26.0 Å². The van der Waals surface area contributed by atoms with E-state index in [1.165, 1.54) is 24.1 Å². The van der Waals surface area contributed by atoms with Gasteiger partial charge in [-0.05, 0) is 55.8 Å². The maximum Gasteiger partial charge on any atom is 0.338 e. The quantitative estimate of drug-likeness (QED) is 0.247. The van der Waals surface area contributed by atoms with Gasteiger partial charge in [-0.25, -0.2) is 4.79 Å². The zero-order valence-electron chi connectivity index (χ0n) is 21.0. The summed E-state index contributed by atoms with van der Waals surface area (Å²) in [4.78, 5) is 40.8. The Bertz CT molecular complexity index is 1570. The molecule has 0 fully saturated rings. The Morgan fingerprint density at radius 2 is 1.68 bits per heavy atom. The minimum atomic E-state index is -0.931. The fourth-order valence-corrected chi connectivity index (χ4v) is 4.54. The molecule has 4 aromatic rings. The van der Waals surface area contributed by atoms with Gasteiger partial charge in [0.1, 0.15) is 0 Å².